The fourth-order valence-electron chi connectivity index (χ4n) is 2.12. The summed E-state index contributed by atoms with van der Waals surface area (Å²) in [7, 11) is 1.66. The number of benzene rings is 1. The van der Waals surface area contributed by atoms with Crippen molar-refractivity contribution in [3.8, 4) is 11.4 Å². The summed E-state index contributed by atoms with van der Waals surface area (Å²) in [5.41, 5.74) is 3.03. The van der Waals surface area contributed by atoms with Gasteiger partial charge in [-0.05, 0) is 30.5 Å². The minimum atomic E-state index is -0.154. The summed E-state index contributed by atoms with van der Waals surface area (Å²) in [5, 5.41) is 3.98. The van der Waals surface area contributed by atoms with Gasteiger partial charge in [0.2, 0.25) is 0 Å². The van der Waals surface area contributed by atoms with Crippen LogP contribution in [-0.4, -0.2) is 16.7 Å². The van der Waals surface area contributed by atoms with E-state index in [2.05, 4.69) is 21.0 Å². The van der Waals surface area contributed by atoms with Crippen LogP contribution in [0.3, 0.4) is 0 Å². The van der Waals surface area contributed by atoms with Gasteiger partial charge < -0.3 is 4.74 Å². The SMILES string of the molecule is COc1ccc2nc(C(C)Cl)n(-c3ccsc3)c2c1. The number of hydrogen-bond acceptors (Lipinski definition) is 3. The Balaban J connectivity index is 2.33. The molecule has 3 aromatic rings. The third-order valence-electron chi connectivity index (χ3n) is 3.01. The Hall–Kier alpha value is -1.52. The molecule has 0 N–H and O–H groups in total. The summed E-state index contributed by atoms with van der Waals surface area (Å²) in [6.45, 7) is 1.93. The molecule has 3 rings (SSSR count). The van der Waals surface area contributed by atoms with Crippen LogP contribution >= 0.6 is 22.9 Å². The summed E-state index contributed by atoms with van der Waals surface area (Å²) in [6.07, 6.45) is 0. The zero-order chi connectivity index (χ0) is 13.4. The molecule has 1 unspecified atom stereocenters. The molecule has 1 atom stereocenters. The number of methoxy groups -OCH3 is 1. The molecule has 1 aromatic carbocycles. The maximum Gasteiger partial charge on any atom is 0.132 e. The number of thiophene rings is 1. The molecule has 0 fully saturated rings. The van der Waals surface area contributed by atoms with Gasteiger partial charge in [0.15, 0.2) is 0 Å². The van der Waals surface area contributed by atoms with Crippen LogP contribution in [0.5, 0.6) is 5.75 Å². The standard InChI is InChI=1S/C14H13ClN2OS/c1-9(15)14-16-12-4-3-11(18-2)7-13(12)17(14)10-5-6-19-8-10/h3-9H,1-2H3. The molecule has 19 heavy (non-hydrogen) atoms. The van der Waals surface area contributed by atoms with Crippen LogP contribution in [-0.2, 0) is 0 Å². The summed E-state index contributed by atoms with van der Waals surface area (Å²) < 4.78 is 7.38. The number of halogens is 1. The molecule has 3 nitrogen and oxygen atoms in total. The first kappa shape index (κ1) is 12.5. The zero-order valence-corrected chi connectivity index (χ0v) is 12.2. The van der Waals surface area contributed by atoms with Gasteiger partial charge in [-0.2, -0.15) is 11.3 Å². The van der Waals surface area contributed by atoms with E-state index in [1.807, 2.05) is 30.5 Å². The highest BCUT2D eigenvalue weighted by molar-refractivity contribution is 7.08. The molecule has 0 bridgehead atoms. The topological polar surface area (TPSA) is 27.1 Å². The van der Waals surface area contributed by atoms with Crippen LogP contribution in [0, 0.1) is 0 Å². The molecule has 5 heteroatoms. The van der Waals surface area contributed by atoms with E-state index in [0.717, 1.165) is 28.3 Å². The molecule has 0 aliphatic heterocycles. The molecule has 0 amide bonds. The Morgan fingerprint density at radius 1 is 1.37 bits per heavy atom. The van der Waals surface area contributed by atoms with Crippen molar-refractivity contribution in [2.75, 3.05) is 7.11 Å². The van der Waals surface area contributed by atoms with Crippen molar-refractivity contribution >= 4 is 34.0 Å². The van der Waals surface area contributed by atoms with Gasteiger partial charge in [-0.1, -0.05) is 0 Å². The molecule has 0 saturated carbocycles. The van der Waals surface area contributed by atoms with Crippen molar-refractivity contribution in [1.29, 1.82) is 0 Å². The average Bonchev–Trinajstić information content (AvgIpc) is 3.04. The fourth-order valence-corrected chi connectivity index (χ4v) is 2.89. The fraction of sp³-hybridized carbons (Fsp3) is 0.214. The Labute approximate surface area is 120 Å². The monoisotopic (exact) mass is 292 g/mol. The van der Waals surface area contributed by atoms with Crippen LogP contribution in [0.25, 0.3) is 16.7 Å². The molecule has 2 heterocycles. The predicted molar refractivity (Wildman–Crippen MR) is 79.8 cm³/mol. The Morgan fingerprint density at radius 2 is 2.21 bits per heavy atom. The van der Waals surface area contributed by atoms with Crippen LogP contribution in [0.15, 0.2) is 35.0 Å². The van der Waals surface area contributed by atoms with E-state index in [1.165, 1.54) is 0 Å². The lowest BCUT2D eigenvalue weighted by Gasteiger charge is -2.08. The average molecular weight is 293 g/mol. The number of ether oxygens (including phenoxy) is 1. The highest BCUT2D eigenvalue weighted by Gasteiger charge is 2.17. The smallest absolute Gasteiger partial charge is 0.132 e. The molecule has 0 radical (unpaired) electrons. The first-order valence-corrected chi connectivity index (χ1v) is 7.31. The van der Waals surface area contributed by atoms with Crippen LogP contribution in [0.1, 0.15) is 18.1 Å². The van der Waals surface area contributed by atoms with Crippen molar-refractivity contribution in [3.05, 3.63) is 40.8 Å². The summed E-state index contributed by atoms with van der Waals surface area (Å²) in [6, 6.07) is 7.92. The summed E-state index contributed by atoms with van der Waals surface area (Å²) >= 11 is 7.91. The van der Waals surface area contributed by atoms with Crippen molar-refractivity contribution in [1.82, 2.24) is 9.55 Å². The Morgan fingerprint density at radius 3 is 2.84 bits per heavy atom. The van der Waals surface area contributed by atoms with Crippen molar-refractivity contribution in [2.45, 2.75) is 12.3 Å². The summed E-state index contributed by atoms with van der Waals surface area (Å²) in [4.78, 5) is 4.62. The maximum absolute atomic E-state index is 6.26. The second-order valence-corrected chi connectivity index (χ2v) is 5.69. The van der Waals surface area contributed by atoms with E-state index in [1.54, 1.807) is 18.4 Å². The van der Waals surface area contributed by atoms with Gasteiger partial charge in [-0.15, -0.1) is 11.6 Å². The minimum Gasteiger partial charge on any atom is -0.497 e. The van der Waals surface area contributed by atoms with Crippen LogP contribution in [0.4, 0.5) is 0 Å². The molecular formula is C14H13ClN2OS. The lowest BCUT2D eigenvalue weighted by molar-refractivity contribution is 0.415. The van der Waals surface area contributed by atoms with Gasteiger partial charge in [-0.25, -0.2) is 4.98 Å². The molecule has 98 valence electrons. The lowest BCUT2D eigenvalue weighted by atomic mass is 10.3. The summed E-state index contributed by atoms with van der Waals surface area (Å²) in [5.74, 6) is 1.67. The van der Waals surface area contributed by atoms with E-state index in [0.29, 0.717) is 0 Å². The molecule has 0 aliphatic rings. The van der Waals surface area contributed by atoms with Crippen molar-refractivity contribution in [2.24, 2.45) is 0 Å². The van der Waals surface area contributed by atoms with E-state index >= 15 is 0 Å². The normalized spacial score (nSPS) is 12.8. The molecular weight excluding hydrogens is 280 g/mol. The van der Waals surface area contributed by atoms with Gasteiger partial charge >= 0.3 is 0 Å². The quantitative estimate of drug-likeness (QED) is 0.669. The molecule has 0 aliphatic carbocycles. The highest BCUT2D eigenvalue weighted by Crippen LogP contribution is 2.30. The predicted octanol–water partition coefficient (Wildman–Crippen LogP) is 4.40. The Bertz CT molecular complexity index is 704. The Kier molecular flexibility index (Phi) is 3.21. The highest BCUT2D eigenvalue weighted by atomic mass is 35.5. The minimum absolute atomic E-state index is 0.154. The van der Waals surface area contributed by atoms with Gasteiger partial charge in [0.05, 0.1) is 29.2 Å². The lowest BCUT2D eigenvalue weighted by Crippen LogP contribution is -2.00. The number of imidazole rings is 1. The van der Waals surface area contributed by atoms with Gasteiger partial charge in [0.1, 0.15) is 11.6 Å². The second-order valence-electron chi connectivity index (χ2n) is 4.26. The number of hydrogen-bond donors (Lipinski definition) is 0. The number of fused-ring (bicyclic) bond motifs is 1. The third-order valence-corrected chi connectivity index (χ3v) is 3.87. The van der Waals surface area contributed by atoms with Crippen molar-refractivity contribution in [3.63, 3.8) is 0 Å². The molecule has 0 spiro atoms. The first-order valence-electron chi connectivity index (χ1n) is 5.93. The number of aromatic nitrogens is 2. The van der Waals surface area contributed by atoms with Crippen LogP contribution < -0.4 is 4.74 Å². The second kappa shape index (κ2) is 4.87. The van der Waals surface area contributed by atoms with Crippen LogP contribution in [0.2, 0.25) is 0 Å². The van der Waals surface area contributed by atoms with E-state index in [4.69, 9.17) is 16.3 Å². The van der Waals surface area contributed by atoms with E-state index < -0.39 is 0 Å². The van der Waals surface area contributed by atoms with Gasteiger partial charge in [0, 0.05) is 11.4 Å². The number of rotatable bonds is 3. The largest absolute Gasteiger partial charge is 0.497 e. The molecule has 0 saturated heterocycles. The van der Waals surface area contributed by atoms with Gasteiger partial charge in [-0.3, -0.25) is 4.57 Å². The van der Waals surface area contributed by atoms with Gasteiger partial charge in [0.25, 0.3) is 0 Å². The molecule has 2 aromatic heterocycles. The maximum atomic E-state index is 6.26. The third kappa shape index (κ3) is 2.11. The van der Waals surface area contributed by atoms with Crippen molar-refractivity contribution < 1.29 is 4.74 Å². The van der Waals surface area contributed by atoms with E-state index in [9.17, 15) is 0 Å². The first-order chi connectivity index (χ1) is 9.20. The number of alkyl halides is 1. The van der Waals surface area contributed by atoms with E-state index in [-0.39, 0.29) is 5.38 Å². The zero-order valence-electron chi connectivity index (χ0n) is 10.6. The number of nitrogens with zero attached hydrogens (tertiary/aromatic N) is 2.